The first-order chi connectivity index (χ1) is 69.5. The first-order valence-corrected chi connectivity index (χ1v) is 53.5. The predicted octanol–water partition coefficient (Wildman–Crippen LogP) is 11.5. The zero-order chi connectivity index (χ0) is 103. The van der Waals surface area contributed by atoms with E-state index in [2.05, 4.69) is 107 Å². The van der Waals surface area contributed by atoms with Crippen LogP contribution in [0, 0.1) is 27.7 Å². The molecule has 0 spiro atoms. The van der Waals surface area contributed by atoms with E-state index < -0.39 is 40.5 Å². The van der Waals surface area contributed by atoms with Gasteiger partial charge in [0.25, 0.3) is 58.2 Å². The highest BCUT2D eigenvalue weighted by Crippen LogP contribution is 2.30. The molecule has 8 heterocycles. The zero-order valence-corrected chi connectivity index (χ0v) is 84.1. The van der Waals surface area contributed by atoms with Crippen LogP contribution in [-0.4, -0.2) is 309 Å². The maximum absolute atomic E-state index is 12.8. The van der Waals surface area contributed by atoms with Gasteiger partial charge in [0, 0.05) is 275 Å². The molecular weight excluding hydrogens is 1940 g/mol. The van der Waals surface area contributed by atoms with E-state index in [1.54, 1.807) is 73.8 Å². The molecule has 4 aliphatic rings. The second-order valence-electron chi connectivity index (χ2n) is 35.3. The highest BCUT2D eigenvalue weighted by molar-refractivity contribution is 7.86. The van der Waals surface area contributed by atoms with Gasteiger partial charge in [-0.15, -0.1) is 0 Å². The summed E-state index contributed by atoms with van der Waals surface area (Å²) in [6.45, 7) is 24.8. The van der Waals surface area contributed by atoms with Gasteiger partial charge < -0.3 is 47.9 Å². The number of benzene rings is 8. The summed E-state index contributed by atoms with van der Waals surface area (Å²) >= 11 is 0. The third-order valence-corrected chi connectivity index (χ3v) is 27.0. The number of nitrogens with zero attached hydrogens (tertiary/aromatic N) is 16. The van der Waals surface area contributed by atoms with Gasteiger partial charge >= 0.3 is 6.03 Å². The van der Waals surface area contributed by atoms with Crippen molar-refractivity contribution >= 4 is 139 Å². The molecule has 0 saturated carbocycles. The lowest BCUT2D eigenvalue weighted by Crippen LogP contribution is -2.47. The Labute approximate surface area is 844 Å². The van der Waals surface area contributed by atoms with Crippen LogP contribution in [0.15, 0.2) is 244 Å². The molecule has 145 heavy (non-hydrogen) atoms. The van der Waals surface area contributed by atoms with Crippen molar-refractivity contribution in [1.29, 1.82) is 0 Å². The van der Waals surface area contributed by atoms with Crippen LogP contribution >= 0.6 is 0 Å². The van der Waals surface area contributed by atoms with E-state index in [-0.39, 0.29) is 46.8 Å². The van der Waals surface area contributed by atoms with Crippen LogP contribution in [0.5, 0.6) is 0 Å². The molecule has 12 aromatic rings. The van der Waals surface area contributed by atoms with Crippen molar-refractivity contribution in [3.05, 3.63) is 305 Å². The molecule has 5 amide bonds. The first-order valence-electron chi connectivity index (χ1n) is 47.0. The van der Waals surface area contributed by atoms with E-state index in [0.717, 1.165) is 198 Å². The Morgan fingerprint density at radius 3 is 0.655 bits per heavy atom. The van der Waals surface area contributed by atoms with E-state index in [1.807, 2.05) is 217 Å². The molecule has 766 valence electrons. The Hall–Kier alpha value is -13.7. The summed E-state index contributed by atoms with van der Waals surface area (Å²) < 4.78 is 123. The topological polar surface area (TPSA) is 523 Å². The van der Waals surface area contributed by atoms with Crippen molar-refractivity contribution < 1.29 is 71.1 Å². The highest BCUT2D eigenvalue weighted by Gasteiger charge is 2.26. The van der Waals surface area contributed by atoms with Crippen LogP contribution in [-0.2, 0) is 66.7 Å². The van der Waals surface area contributed by atoms with Crippen molar-refractivity contribution in [2.24, 2.45) is 0 Å². The fraction of sp³-hybridized carbons (Fsp3) is 0.320. The van der Waals surface area contributed by atoms with Crippen molar-refractivity contribution in [1.82, 2.24) is 79.1 Å². The van der Waals surface area contributed by atoms with Gasteiger partial charge in [-0.1, -0.05) is 72.8 Å². The Morgan fingerprint density at radius 2 is 0.441 bits per heavy atom. The number of carbonyl (C=O) groups is 4. The number of nitrogens with one attached hydrogen (secondary N) is 9. The third kappa shape index (κ3) is 37.8. The molecule has 45 heteroatoms. The van der Waals surface area contributed by atoms with Crippen LogP contribution in [0.4, 0.5) is 79.8 Å². The molecule has 16 rings (SSSR count). The average molecular weight is 2060 g/mol. The number of hydrogen-bond donors (Lipinski definition) is 13. The Kier molecular flexibility index (Phi) is 39.4. The standard InChI is InChI=1S/C25H31N7O4S.3C25H30N6O4S/c1-19-3-6-22(17-23(19)30-24-26-9-2-10-27-24)29-25(33)28-21-7-4-20(5-8-21)18-32-13-11-31(12-14-32)15-16-37(34,35)36;3*1-19-3-8-22(17-23(19)29-25-26-9-2-10-27-25)28-24(32)21-6-4-20(5-7-21)18-31-13-11-30(12-14-31)15-16-36(33,34)35/h2-10,17H,11-16,18H2,1H3,(H,26,27,30)(H2,28,29,33)(H,34,35,36);3*2-10,17H,11-16,18H2,1H3,(H,28,32)(H,26,27,29)(H,33,34,35). The van der Waals surface area contributed by atoms with Gasteiger partial charge in [-0.05, 0) is 194 Å². The zero-order valence-electron chi connectivity index (χ0n) is 80.9. The predicted molar refractivity (Wildman–Crippen MR) is 561 cm³/mol. The summed E-state index contributed by atoms with van der Waals surface area (Å²) in [5.74, 6) is 0.401. The third-order valence-electron chi connectivity index (χ3n) is 24.2. The monoisotopic (exact) mass is 2060 g/mol. The van der Waals surface area contributed by atoms with Crippen LogP contribution in [0.25, 0.3) is 0 Å². The van der Waals surface area contributed by atoms with Crippen LogP contribution < -0.4 is 47.9 Å². The van der Waals surface area contributed by atoms with E-state index in [1.165, 1.54) is 0 Å². The van der Waals surface area contributed by atoms with E-state index in [9.17, 15) is 52.8 Å². The van der Waals surface area contributed by atoms with Crippen LogP contribution in [0.2, 0.25) is 0 Å². The molecule has 8 aromatic carbocycles. The average Bonchev–Trinajstić information content (AvgIpc) is 0.832. The smallest absolute Gasteiger partial charge is 0.323 e. The Morgan fingerprint density at radius 1 is 0.255 bits per heavy atom. The van der Waals surface area contributed by atoms with E-state index >= 15 is 0 Å². The first kappa shape index (κ1) is 109. The molecule has 41 nitrogen and oxygen atoms in total. The molecule has 4 saturated heterocycles. The SMILES string of the molecule is Cc1ccc(NC(=O)Nc2ccc(CN3CCN(CCS(=O)(=O)O)CC3)cc2)cc1Nc1ncccn1.Cc1ccc(NC(=O)c2ccc(CN3CCN(CCS(=O)(=O)O)CC3)cc2)cc1Nc1ncccn1.Cc1ccc(NC(=O)c2ccc(CN3CCN(CCS(=O)(=O)O)CC3)cc2)cc1Nc1ncccn1.Cc1ccc(NC(=O)c2ccc(CN3CCN(CCS(=O)(=O)O)CC3)cc2)cc1Nc1ncccn1. The molecule has 4 aromatic heterocycles. The number of aryl methyl sites for hydroxylation is 4. The van der Waals surface area contributed by atoms with Gasteiger partial charge in [-0.2, -0.15) is 33.7 Å². The minimum Gasteiger partial charge on any atom is -0.324 e. The highest BCUT2D eigenvalue weighted by atomic mass is 32.2. The largest absolute Gasteiger partial charge is 0.324 e. The molecule has 4 fully saturated rings. The summed E-state index contributed by atoms with van der Waals surface area (Å²) in [6.07, 6.45) is 13.3. The maximum atomic E-state index is 12.8. The molecule has 0 unspecified atom stereocenters. The molecule has 4 aliphatic heterocycles. The van der Waals surface area contributed by atoms with Gasteiger partial charge in [0.2, 0.25) is 23.8 Å². The van der Waals surface area contributed by atoms with Crippen molar-refractivity contribution in [2.45, 2.75) is 53.9 Å². The molecular formula is C100H121N25O16S4. The summed E-state index contributed by atoms with van der Waals surface area (Å²) in [5.41, 5.74) is 16.7. The second kappa shape index (κ2) is 52.7. The van der Waals surface area contributed by atoms with Crippen molar-refractivity contribution in [3.63, 3.8) is 0 Å². The number of piperazine rings is 4. The minimum atomic E-state index is -3.93. The fourth-order valence-corrected chi connectivity index (χ4v) is 17.8. The lowest BCUT2D eigenvalue weighted by atomic mass is 10.1. The van der Waals surface area contributed by atoms with Gasteiger partial charge in [0.15, 0.2) is 0 Å². The molecule has 0 bridgehead atoms. The van der Waals surface area contributed by atoms with Gasteiger partial charge in [-0.25, -0.2) is 44.7 Å². The second-order valence-corrected chi connectivity index (χ2v) is 41.5. The maximum Gasteiger partial charge on any atom is 0.323 e. The number of amides is 5. The Balaban J connectivity index is 0.000000162. The molecule has 0 atom stereocenters. The van der Waals surface area contributed by atoms with E-state index in [4.69, 9.17) is 18.2 Å². The Bertz CT molecular complexity index is 6270. The summed E-state index contributed by atoms with van der Waals surface area (Å²) in [6, 6.07) is 59.4. The number of urea groups is 1. The van der Waals surface area contributed by atoms with Crippen molar-refractivity contribution in [3.8, 4) is 0 Å². The summed E-state index contributed by atoms with van der Waals surface area (Å²) in [4.78, 5) is 102. The van der Waals surface area contributed by atoms with Gasteiger partial charge in [0.1, 0.15) is 0 Å². The van der Waals surface area contributed by atoms with Crippen molar-refractivity contribution in [2.75, 3.05) is 202 Å². The number of hydrogen-bond acceptors (Lipinski definition) is 32. The lowest BCUT2D eigenvalue weighted by Gasteiger charge is -2.34. The number of carbonyl (C=O) groups excluding carboxylic acids is 4. The lowest BCUT2D eigenvalue weighted by molar-refractivity contribution is 0.101. The quantitative estimate of drug-likeness (QED) is 0.0162. The number of anilines is 13. The van der Waals surface area contributed by atoms with E-state index in [0.29, 0.717) is 95.1 Å². The van der Waals surface area contributed by atoms with Crippen LogP contribution in [0.3, 0.4) is 0 Å². The molecule has 0 aliphatic carbocycles. The summed E-state index contributed by atoms with van der Waals surface area (Å²) in [5, 5.41) is 27.2. The summed E-state index contributed by atoms with van der Waals surface area (Å²) in [7, 11) is -15.7. The normalized spacial score (nSPS) is 14.9. The molecule has 0 radical (unpaired) electrons. The minimum absolute atomic E-state index is 0.195. The fourth-order valence-electron chi connectivity index (χ4n) is 15.9. The van der Waals surface area contributed by atoms with Crippen LogP contribution in [0.1, 0.15) is 75.6 Å². The number of rotatable bonds is 36. The number of aromatic nitrogens is 8. The van der Waals surface area contributed by atoms with Gasteiger partial charge in [-0.3, -0.25) is 71.8 Å². The van der Waals surface area contributed by atoms with Gasteiger partial charge in [0.05, 0.1) is 23.0 Å². The molecule has 13 N–H and O–H groups in total.